The highest BCUT2D eigenvalue weighted by molar-refractivity contribution is 5.13. The second-order valence-electron chi connectivity index (χ2n) is 3.71. The van der Waals surface area contributed by atoms with Crippen molar-refractivity contribution in [2.24, 2.45) is 0 Å². The smallest absolute Gasteiger partial charge is 0.0798 e. The van der Waals surface area contributed by atoms with E-state index in [2.05, 4.69) is 18.2 Å². The van der Waals surface area contributed by atoms with Crippen LogP contribution in [0.25, 0.3) is 0 Å². The molecule has 0 aromatic carbocycles. The highest BCUT2D eigenvalue weighted by atomic mass is 15.0. The summed E-state index contributed by atoms with van der Waals surface area (Å²) in [6.45, 7) is 3.30. The third kappa shape index (κ3) is 2.25. The van der Waals surface area contributed by atoms with Gasteiger partial charge in [0.25, 0.3) is 0 Å². The highest BCUT2D eigenvalue weighted by Gasteiger charge is 2.26. The van der Waals surface area contributed by atoms with Gasteiger partial charge in [-0.1, -0.05) is 32.1 Å². The molecule has 1 N–H and O–H groups in total. The van der Waals surface area contributed by atoms with Gasteiger partial charge in [0, 0.05) is 0 Å². The van der Waals surface area contributed by atoms with Crippen molar-refractivity contribution in [3.8, 4) is 12.3 Å². The van der Waals surface area contributed by atoms with Crippen LogP contribution in [0.1, 0.15) is 45.4 Å². The van der Waals surface area contributed by atoms with E-state index >= 15 is 0 Å². The average Bonchev–Trinajstić information content (AvgIpc) is 2.32. The van der Waals surface area contributed by atoms with E-state index in [9.17, 15) is 0 Å². The molecule has 1 aliphatic rings. The lowest BCUT2D eigenvalue weighted by Gasteiger charge is -2.27. The van der Waals surface area contributed by atoms with Crippen LogP contribution in [0, 0.1) is 12.3 Å². The molecule has 0 spiro atoms. The second kappa shape index (κ2) is 4.52. The maximum Gasteiger partial charge on any atom is 0.0798 e. The molecule has 0 bridgehead atoms. The van der Waals surface area contributed by atoms with Gasteiger partial charge in [-0.3, -0.25) is 0 Å². The Bertz CT molecular complexity index is 158. The standard InChI is InChI=1S/C11H19N/c1-3-8-11(4-2)9-6-5-7-10-12-11/h2,12H,3,5-10H2,1H3. The molecule has 68 valence electrons. The van der Waals surface area contributed by atoms with Crippen LogP contribution >= 0.6 is 0 Å². The van der Waals surface area contributed by atoms with Crippen molar-refractivity contribution >= 4 is 0 Å². The molecule has 1 nitrogen and oxygen atoms in total. The summed E-state index contributed by atoms with van der Waals surface area (Å²) in [6, 6.07) is 0. The molecule has 1 rings (SSSR count). The van der Waals surface area contributed by atoms with Crippen molar-refractivity contribution in [1.29, 1.82) is 0 Å². The van der Waals surface area contributed by atoms with Crippen LogP contribution in [0.3, 0.4) is 0 Å². The van der Waals surface area contributed by atoms with E-state index in [1.54, 1.807) is 0 Å². The molecule has 1 saturated heterocycles. The molecular formula is C11H19N. The molecule has 1 unspecified atom stereocenters. The molecule has 1 heteroatoms. The van der Waals surface area contributed by atoms with E-state index in [4.69, 9.17) is 6.42 Å². The maximum absolute atomic E-state index is 5.58. The molecule has 0 saturated carbocycles. The Balaban J connectivity index is 2.56. The van der Waals surface area contributed by atoms with Crippen LogP contribution in [0.4, 0.5) is 0 Å². The second-order valence-corrected chi connectivity index (χ2v) is 3.71. The monoisotopic (exact) mass is 165 g/mol. The molecule has 0 aromatic heterocycles. The predicted octanol–water partition coefficient (Wildman–Crippen LogP) is 2.32. The first-order chi connectivity index (χ1) is 5.83. The predicted molar refractivity (Wildman–Crippen MR) is 52.9 cm³/mol. The summed E-state index contributed by atoms with van der Waals surface area (Å²) in [5, 5.41) is 3.51. The fraction of sp³-hybridized carbons (Fsp3) is 0.818. The van der Waals surface area contributed by atoms with E-state index in [1.807, 2.05) is 0 Å². The van der Waals surface area contributed by atoms with Crippen LogP contribution in [0.5, 0.6) is 0 Å². The van der Waals surface area contributed by atoms with Gasteiger partial charge in [0.05, 0.1) is 5.54 Å². The maximum atomic E-state index is 5.58. The van der Waals surface area contributed by atoms with Crippen LogP contribution in [0.15, 0.2) is 0 Å². The summed E-state index contributed by atoms with van der Waals surface area (Å²) in [5.74, 6) is 2.95. The SMILES string of the molecule is C#CC1(CCC)CCCCCN1. The molecule has 0 aromatic rings. The fourth-order valence-electron chi connectivity index (χ4n) is 1.98. The molecule has 1 aliphatic heterocycles. The van der Waals surface area contributed by atoms with Gasteiger partial charge < -0.3 is 5.32 Å². The van der Waals surface area contributed by atoms with Gasteiger partial charge in [-0.05, 0) is 25.8 Å². The molecule has 1 heterocycles. The summed E-state index contributed by atoms with van der Waals surface area (Å²) in [7, 11) is 0. The summed E-state index contributed by atoms with van der Waals surface area (Å²) in [6.07, 6.45) is 13.0. The summed E-state index contributed by atoms with van der Waals surface area (Å²) >= 11 is 0. The van der Waals surface area contributed by atoms with E-state index in [0.29, 0.717) is 0 Å². The van der Waals surface area contributed by atoms with Crippen molar-refractivity contribution in [3.05, 3.63) is 0 Å². The largest absolute Gasteiger partial charge is 0.301 e. The minimum absolute atomic E-state index is 0.0330. The van der Waals surface area contributed by atoms with E-state index in [1.165, 1.54) is 25.7 Å². The first-order valence-electron chi connectivity index (χ1n) is 5.06. The number of hydrogen-bond acceptors (Lipinski definition) is 1. The van der Waals surface area contributed by atoms with Crippen LogP contribution < -0.4 is 5.32 Å². The highest BCUT2D eigenvalue weighted by Crippen LogP contribution is 2.22. The van der Waals surface area contributed by atoms with Crippen molar-refractivity contribution in [2.45, 2.75) is 51.0 Å². The first-order valence-corrected chi connectivity index (χ1v) is 5.06. The average molecular weight is 165 g/mol. The zero-order valence-electron chi connectivity index (χ0n) is 8.03. The van der Waals surface area contributed by atoms with Crippen molar-refractivity contribution in [2.75, 3.05) is 6.54 Å². The quantitative estimate of drug-likeness (QED) is 0.619. The summed E-state index contributed by atoms with van der Waals surface area (Å²) < 4.78 is 0. The molecule has 12 heavy (non-hydrogen) atoms. The van der Waals surface area contributed by atoms with Gasteiger partial charge in [0.2, 0.25) is 0 Å². The summed E-state index contributed by atoms with van der Waals surface area (Å²) in [4.78, 5) is 0. The molecule has 1 atom stereocenters. The lowest BCUT2D eigenvalue weighted by Crippen LogP contribution is -2.43. The molecule has 0 aliphatic carbocycles. The number of terminal acetylenes is 1. The van der Waals surface area contributed by atoms with Gasteiger partial charge in [-0.15, -0.1) is 6.42 Å². The van der Waals surface area contributed by atoms with Crippen molar-refractivity contribution < 1.29 is 0 Å². The van der Waals surface area contributed by atoms with Crippen molar-refractivity contribution in [1.82, 2.24) is 5.32 Å². The third-order valence-electron chi connectivity index (χ3n) is 2.70. The lowest BCUT2D eigenvalue weighted by atomic mass is 9.90. The van der Waals surface area contributed by atoms with Gasteiger partial charge in [-0.25, -0.2) is 0 Å². The van der Waals surface area contributed by atoms with Crippen LogP contribution in [-0.2, 0) is 0 Å². The molecule has 1 fully saturated rings. The Morgan fingerprint density at radius 2 is 2.25 bits per heavy atom. The zero-order valence-corrected chi connectivity index (χ0v) is 8.03. The minimum Gasteiger partial charge on any atom is -0.301 e. The minimum atomic E-state index is 0.0330. The number of hydrogen-bond donors (Lipinski definition) is 1. The fourth-order valence-corrected chi connectivity index (χ4v) is 1.98. The Morgan fingerprint density at radius 1 is 1.42 bits per heavy atom. The van der Waals surface area contributed by atoms with Gasteiger partial charge in [0.15, 0.2) is 0 Å². The third-order valence-corrected chi connectivity index (χ3v) is 2.70. The summed E-state index contributed by atoms with van der Waals surface area (Å²) in [5.41, 5.74) is 0.0330. The van der Waals surface area contributed by atoms with Crippen molar-refractivity contribution in [3.63, 3.8) is 0 Å². The Hall–Kier alpha value is -0.480. The Kier molecular flexibility index (Phi) is 3.62. The van der Waals surface area contributed by atoms with Gasteiger partial charge >= 0.3 is 0 Å². The molecule has 0 radical (unpaired) electrons. The molecular weight excluding hydrogens is 146 g/mol. The topological polar surface area (TPSA) is 12.0 Å². The number of rotatable bonds is 2. The van der Waals surface area contributed by atoms with E-state index < -0.39 is 0 Å². The van der Waals surface area contributed by atoms with E-state index in [-0.39, 0.29) is 5.54 Å². The van der Waals surface area contributed by atoms with E-state index in [0.717, 1.165) is 19.4 Å². The normalized spacial score (nSPS) is 30.7. The van der Waals surface area contributed by atoms with Crippen LogP contribution in [-0.4, -0.2) is 12.1 Å². The van der Waals surface area contributed by atoms with Gasteiger partial charge in [0.1, 0.15) is 0 Å². The number of nitrogens with one attached hydrogen (secondary N) is 1. The van der Waals surface area contributed by atoms with Crippen LogP contribution in [0.2, 0.25) is 0 Å². The Labute approximate surface area is 75.9 Å². The van der Waals surface area contributed by atoms with Gasteiger partial charge in [-0.2, -0.15) is 0 Å². The lowest BCUT2D eigenvalue weighted by molar-refractivity contribution is 0.380. The zero-order chi connectivity index (χ0) is 8.86. The molecule has 0 amide bonds. The first kappa shape index (κ1) is 9.61. The Morgan fingerprint density at radius 3 is 2.92 bits per heavy atom.